The quantitative estimate of drug-likeness (QED) is 0.141. The molecule has 202 valence electrons. The summed E-state index contributed by atoms with van der Waals surface area (Å²) in [4.78, 5) is 12.9. The second-order valence-corrected chi connectivity index (χ2v) is 9.81. The Bertz CT molecular complexity index is 1510. The molecule has 0 bridgehead atoms. The molecular formula is C33H29BrN2O4. The van der Waals surface area contributed by atoms with E-state index in [1.54, 1.807) is 36.4 Å². The molecule has 7 heteroatoms. The first kappa shape index (κ1) is 28.5. The number of nitrogens with one attached hydrogen (secondary N) is 1. The maximum Gasteiger partial charge on any atom is 0.266 e. The number of carbonyl (C=O) groups is 1. The number of carbonyl (C=O) groups excluding carboxylic acids is 1. The van der Waals surface area contributed by atoms with Crippen LogP contribution < -0.4 is 19.5 Å². The molecule has 0 heterocycles. The van der Waals surface area contributed by atoms with Crippen LogP contribution in [0.3, 0.4) is 0 Å². The first-order valence-corrected chi connectivity index (χ1v) is 13.6. The van der Waals surface area contributed by atoms with Crippen molar-refractivity contribution in [3.8, 4) is 23.3 Å². The Morgan fingerprint density at radius 3 is 2.25 bits per heavy atom. The van der Waals surface area contributed by atoms with Gasteiger partial charge in [-0.3, -0.25) is 4.79 Å². The molecular weight excluding hydrogens is 568 g/mol. The summed E-state index contributed by atoms with van der Waals surface area (Å²) in [6.45, 7) is 5.16. The summed E-state index contributed by atoms with van der Waals surface area (Å²) in [6.07, 6.45) is 1.52. The second-order valence-electron chi connectivity index (χ2n) is 8.96. The average molecular weight is 598 g/mol. The molecule has 40 heavy (non-hydrogen) atoms. The summed E-state index contributed by atoms with van der Waals surface area (Å²) >= 11 is 3.56. The lowest BCUT2D eigenvalue weighted by Gasteiger charge is -2.15. The van der Waals surface area contributed by atoms with Gasteiger partial charge in [0.1, 0.15) is 30.6 Å². The fraction of sp³-hybridized carbons (Fsp3) is 0.152. The van der Waals surface area contributed by atoms with Crippen LogP contribution in [0.4, 0.5) is 5.69 Å². The van der Waals surface area contributed by atoms with Gasteiger partial charge in [0, 0.05) is 5.69 Å². The largest absolute Gasteiger partial charge is 0.490 e. The van der Waals surface area contributed by atoms with E-state index in [1.807, 2.05) is 74.5 Å². The Hall–Kier alpha value is -4.54. The highest BCUT2D eigenvalue weighted by Gasteiger charge is 2.15. The number of anilines is 1. The van der Waals surface area contributed by atoms with Gasteiger partial charge in [0.05, 0.1) is 11.1 Å². The highest BCUT2D eigenvalue weighted by atomic mass is 79.9. The van der Waals surface area contributed by atoms with E-state index in [0.717, 1.165) is 11.1 Å². The second kappa shape index (κ2) is 14.0. The molecule has 1 N–H and O–H groups in total. The zero-order chi connectivity index (χ0) is 28.3. The third kappa shape index (κ3) is 7.98. The van der Waals surface area contributed by atoms with E-state index in [9.17, 15) is 10.1 Å². The fourth-order valence-electron chi connectivity index (χ4n) is 3.80. The molecule has 0 saturated carbocycles. The number of hydrogen-bond acceptors (Lipinski definition) is 5. The van der Waals surface area contributed by atoms with E-state index >= 15 is 0 Å². The molecule has 0 radical (unpaired) electrons. The van der Waals surface area contributed by atoms with Gasteiger partial charge in [0.25, 0.3) is 5.91 Å². The van der Waals surface area contributed by atoms with Crippen LogP contribution in [-0.4, -0.2) is 12.5 Å². The molecule has 0 fully saturated rings. The lowest BCUT2D eigenvalue weighted by Crippen LogP contribution is -2.13. The maximum absolute atomic E-state index is 12.9. The highest BCUT2D eigenvalue weighted by molar-refractivity contribution is 9.10. The summed E-state index contributed by atoms with van der Waals surface area (Å²) in [5, 5.41) is 12.5. The van der Waals surface area contributed by atoms with Gasteiger partial charge in [-0.25, -0.2) is 0 Å². The summed E-state index contributed by atoms with van der Waals surface area (Å²) in [5.74, 6) is 1.22. The molecule has 0 unspecified atom stereocenters. The summed E-state index contributed by atoms with van der Waals surface area (Å²) in [5.41, 5.74) is 4.39. The van der Waals surface area contributed by atoms with Crippen LogP contribution in [0.5, 0.6) is 17.2 Å². The standard InChI is InChI=1S/C33H29BrN2O4/c1-3-38-31-19-26(18-30(34)32(31)40-22-25-11-9-23(2)10-12-25)17-27(20-35)33(37)36-28-13-15-29(16-14-28)39-21-24-7-5-4-6-8-24/h4-19H,3,21-22H2,1-2H3,(H,36,37)/b27-17+. The number of benzene rings is 4. The SMILES string of the molecule is CCOc1cc(/C=C(\C#N)C(=O)Nc2ccc(OCc3ccccc3)cc2)cc(Br)c1OCc1ccc(C)cc1. The molecule has 0 aromatic heterocycles. The number of ether oxygens (including phenoxy) is 3. The van der Waals surface area contributed by atoms with Gasteiger partial charge in [-0.15, -0.1) is 0 Å². The number of amides is 1. The van der Waals surface area contributed by atoms with Crippen LogP contribution in [0.15, 0.2) is 101 Å². The zero-order valence-electron chi connectivity index (χ0n) is 22.3. The molecule has 0 spiro atoms. The minimum absolute atomic E-state index is 0.0490. The number of rotatable bonds is 11. The minimum Gasteiger partial charge on any atom is -0.490 e. The predicted molar refractivity (Wildman–Crippen MR) is 160 cm³/mol. The van der Waals surface area contributed by atoms with Gasteiger partial charge in [-0.05, 0) is 88.9 Å². The van der Waals surface area contributed by atoms with Crippen LogP contribution in [0, 0.1) is 18.3 Å². The zero-order valence-corrected chi connectivity index (χ0v) is 23.9. The summed E-state index contributed by atoms with van der Waals surface area (Å²) in [7, 11) is 0. The molecule has 0 aliphatic carbocycles. The Morgan fingerprint density at radius 1 is 0.900 bits per heavy atom. The van der Waals surface area contributed by atoms with E-state index in [1.165, 1.54) is 11.6 Å². The van der Waals surface area contributed by atoms with Gasteiger partial charge in [-0.2, -0.15) is 5.26 Å². The van der Waals surface area contributed by atoms with Crippen LogP contribution in [0.2, 0.25) is 0 Å². The van der Waals surface area contributed by atoms with E-state index in [0.29, 0.717) is 52.8 Å². The van der Waals surface area contributed by atoms with Crippen LogP contribution in [-0.2, 0) is 18.0 Å². The first-order valence-electron chi connectivity index (χ1n) is 12.8. The number of hydrogen-bond donors (Lipinski definition) is 1. The van der Waals surface area contributed by atoms with Crippen molar-refractivity contribution in [1.82, 2.24) is 0 Å². The third-order valence-corrected chi connectivity index (χ3v) is 6.46. The topological polar surface area (TPSA) is 80.6 Å². The first-order chi connectivity index (χ1) is 19.4. The van der Waals surface area contributed by atoms with Crippen molar-refractivity contribution in [2.75, 3.05) is 11.9 Å². The van der Waals surface area contributed by atoms with Gasteiger partial charge < -0.3 is 19.5 Å². The van der Waals surface area contributed by atoms with Crippen molar-refractivity contribution in [1.29, 1.82) is 5.26 Å². The van der Waals surface area contributed by atoms with Gasteiger partial charge in [-0.1, -0.05) is 60.2 Å². The smallest absolute Gasteiger partial charge is 0.266 e. The minimum atomic E-state index is -0.519. The lowest BCUT2D eigenvalue weighted by molar-refractivity contribution is -0.112. The molecule has 0 aliphatic heterocycles. The Balaban J connectivity index is 1.44. The Kier molecular flexibility index (Phi) is 9.98. The monoisotopic (exact) mass is 596 g/mol. The molecule has 0 atom stereocenters. The van der Waals surface area contributed by atoms with Crippen LogP contribution in [0.1, 0.15) is 29.2 Å². The average Bonchev–Trinajstić information content (AvgIpc) is 2.96. The summed E-state index contributed by atoms with van der Waals surface area (Å²) < 4.78 is 18.3. The van der Waals surface area contributed by atoms with Crippen molar-refractivity contribution in [3.05, 3.63) is 123 Å². The molecule has 1 amide bonds. The van der Waals surface area contributed by atoms with Gasteiger partial charge >= 0.3 is 0 Å². The van der Waals surface area contributed by atoms with E-state index < -0.39 is 5.91 Å². The Morgan fingerprint density at radius 2 is 1.57 bits per heavy atom. The highest BCUT2D eigenvalue weighted by Crippen LogP contribution is 2.38. The molecule has 4 rings (SSSR count). The van der Waals surface area contributed by atoms with Crippen molar-refractivity contribution >= 4 is 33.6 Å². The van der Waals surface area contributed by atoms with E-state index in [4.69, 9.17) is 14.2 Å². The molecule has 0 saturated heterocycles. The Labute approximate surface area is 243 Å². The van der Waals surface area contributed by atoms with E-state index in [2.05, 4.69) is 21.2 Å². The molecule has 4 aromatic rings. The van der Waals surface area contributed by atoms with Crippen molar-refractivity contribution in [3.63, 3.8) is 0 Å². The van der Waals surface area contributed by atoms with Gasteiger partial charge in [0.2, 0.25) is 0 Å². The predicted octanol–water partition coefficient (Wildman–Crippen LogP) is 7.86. The fourth-order valence-corrected chi connectivity index (χ4v) is 4.38. The van der Waals surface area contributed by atoms with Crippen molar-refractivity contribution < 1.29 is 19.0 Å². The normalized spacial score (nSPS) is 10.9. The van der Waals surface area contributed by atoms with Gasteiger partial charge in [0.15, 0.2) is 11.5 Å². The number of halogens is 1. The third-order valence-electron chi connectivity index (χ3n) is 5.87. The maximum atomic E-state index is 12.9. The van der Waals surface area contributed by atoms with Crippen molar-refractivity contribution in [2.45, 2.75) is 27.1 Å². The molecule has 6 nitrogen and oxygen atoms in total. The van der Waals surface area contributed by atoms with Crippen LogP contribution in [0.25, 0.3) is 6.08 Å². The number of nitrogens with zero attached hydrogens (tertiary/aromatic N) is 1. The number of nitriles is 1. The van der Waals surface area contributed by atoms with E-state index in [-0.39, 0.29) is 5.57 Å². The molecule has 4 aromatic carbocycles. The number of aryl methyl sites for hydroxylation is 1. The summed E-state index contributed by atoms with van der Waals surface area (Å²) in [6, 6.07) is 30.5. The molecule has 0 aliphatic rings. The van der Waals surface area contributed by atoms with Crippen molar-refractivity contribution in [2.24, 2.45) is 0 Å². The van der Waals surface area contributed by atoms with Crippen LogP contribution >= 0.6 is 15.9 Å². The lowest BCUT2D eigenvalue weighted by atomic mass is 10.1.